The summed E-state index contributed by atoms with van der Waals surface area (Å²) in [6.45, 7) is 0.416. The van der Waals surface area contributed by atoms with E-state index >= 15 is 0 Å². The van der Waals surface area contributed by atoms with Crippen molar-refractivity contribution in [2.75, 3.05) is 0 Å². The second kappa shape index (κ2) is 4.18. The lowest BCUT2D eigenvalue weighted by Gasteiger charge is -2.18. The Morgan fingerprint density at radius 1 is 1.05 bits per heavy atom. The molecule has 3 aliphatic rings. The number of carbonyl (C=O) groups excluding carboxylic acids is 2. The van der Waals surface area contributed by atoms with E-state index in [1.54, 1.807) is 6.08 Å². The smallest absolute Gasteiger partial charge is 0.320 e. The first kappa shape index (κ1) is 11.7. The van der Waals surface area contributed by atoms with Gasteiger partial charge < -0.3 is 14.2 Å². The van der Waals surface area contributed by atoms with E-state index in [2.05, 4.69) is 4.74 Å². The maximum absolute atomic E-state index is 11.7. The Balaban J connectivity index is 1.51. The molecule has 0 amide bonds. The molecule has 4 atom stereocenters. The fourth-order valence-corrected chi connectivity index (χ4v) is 3.03. The molecule has 5 nitrogen and oxygen atoms in total. The number of ether oxygens (including phenoxy) is 3. The van der Waals surface area contributed by atoms with E-state index in [4.69, 9.17) is 9.47 Å². The van der Waals surface area contributed by atoms with Crippen molar-refractivity contribution in [3.05, 3.63) is 47.7 Å². The van der Waals surface area contributed by atoms with Crippen LogP contribution in [0.15, 0.2) is 42.2 Å². The molecule has 3 aliphatic heterocycles. The summed E-state index contributed by atoms with van der Waals surface area (Å²) < 4.78 is 16.0. The van der Waals surface area contributed by atoms with Crippen LogP contribution in [0.1, 0.15) is 5.56 Å². The monoisotopic (exact) mass is 272 g/mol. The van der Waals surface area contributed by atoms with E-state index in [0.717, 1.165) is 5.56 Å². The topological polar surface area (TPSA) is 61.8 Å². The number of benzene rings is 1. The Labute approximate surface area is 115 Å². The third-order valence-electron chi connectivity index (χ3n) is 3.97. The van der Waals surface area contributed by atoms with Crippen LogP contribution in [-0.4, -0.2) is 24.1 Å². The third kappa shape index (κ3) is 1.59. The largest absolute Gasteiger partial charge is 0.491 e. The van der Waals surface area contributed by atoms with Gasteiger partial charge in [0.05, 0.1) is 6.10 Å². The summed E-state index contributed by atoms with van der Waals surface area (Å²) in [6, 6.07) is 9.74. The second-order valence-electron chi connectivity index (χ2n) is 5.16. The molecular weight excluding hydrogens is 260 g/mol. The lowest BCUT2D eigenvalue weighted by Crippen LogP contribution is -2.29. The number of hydrogen-bond donors (Lipinski definition) is 0. The number of cyclic esters (lactones) is 2. The number of esters is 2. The Kier molecular flexibility index (Phi) is 2.44. The maximum atomic E-state index is 11.7. The van der Waals surface area contributed by atoms with E-state index in [-0.39, 0.29) is 0 Å². The minimum atomic E-state index is -0.539. The summed E-state index contributed by atoms with van der Waals surface area (Å²) in [5, 5.41) is 0. The van der Waals surface area contributed by atoms with Gasteiger partial charge in [-0.05, 0) is 11.6 Å². The van der Waals surface area contributed by atoms with E-state index in [9.17, 15) is 9.59 Å². The van der Waals surface area contributed by atoms with Gasteiger partial charge in [0.15, 0.2) is 0 Å². The number of carbonyl (C=O) groups is 2. The van der Waals surface area contributed by atoms with Crippen molar-refractivity contribution in [3.63, 3.8) is 0 Å². The quantitative estimate of drug-likeness (QED) is 0.611. The molecule has 1 aromatic carbocycles. The Hall–Kier alpha value is -2.14. The number of fused-ring (bicyclic) bond motifs is 5. The summed E-state index contributed by atoms with van der Waals surface area (Å²) in [5.41, 5.74) is 1.04. The van der Waals surface area contributed by atoms with E-state index in [1.807, 2.05) is 30.3 Å². The van der Waals surface area contributed by atoms with E-state index in [0.29, 0.717) is 12.4 Å². The van der Waals surface area contributed by atoms with Crippen molar-refractivity contribution < 1.29 is 23.8 Å². The predicted molar refractivity (Wildman–Crippen MR) is 66.1 cm³/mol. The molecule has 0 N–H and O–H groups in total. The van der Waals surface area contributed by atoms with Gasteiger partial charge in [-0.15, -0.1) is 0 Å². The molecule has 5 heteroatoms. The Morgan fingerprint density at radius 3 is 2.60 bits per heavy atom. The molecule has 4 rings (SSSR count). The summed E-state index contributed by atoms with van der Waals surface area (Å²) in [7, 11) is 0. The SMILES string of the molecule is O=C1OC(=O)C2C3OC(C=C3OCc3ccccc3)C12. The molecule has 1 aromatic rings. The lowest BCUT2D eigenvalue weighted by molar-refractivity contribution is -0.156. The number of hydrogen-bond acceptors (Lipinski definition) is 5. The first-order valence-corrected chi connectivity index (χ1v) is 6.53. The van der Waals surface area contributed by atoms with Crippen LogP contribution in [0.3, 0.4) is 0 Å². The van der Waals surface area contributed by atoms with Crippen LogP contribution in [0.5, 0.6) is 0 Å². The van der Waals surface area contributed by atoms with Crippen LogP contribution in [0.2, 0.25) is 0 Å². The van der Waals surface area contributed by atoms with Crippen LogP contribution in [0.4, 0.5) is 0 Å². The van der Waals surface area contributed by atoms with Crippen molar-refractivity contribution in [2.24, 2.45) is 11.8 Å². The van der Waals surface area contributed by atoms with Gasteiger partial charge in [-0.3, -0.25) is 9.59 Å². The molecule has 2 saturated heterocycles. The van der Waals surface area contributed by atoms with Crippen LogP contribution in [0, 0.1) is 11.8 Å². The average Bonchev–Trinajstić information content (AvgIpc) is 3.10. The third-order valence-corrected chi connectivity index (χ3v) is 3.97. The minimum absolute atomic E-state index is 0.394. The van der Waals surface area contributed by atoms with Crippen LogP contribution in [-0.2, 0) is 30.4 Å². The standard InChI is InChI=1S/C15H12O5/c16-14-11-9-6-10(13(19-9)12(11)15(17)20-14)18-7-8-4-2-1-3-5-8/h1-6,9,11-13H,7H2. The highest BCUT2D eigenvalue weighted by molar-refractivity contribution is 5.98. The normalized spacial score (nSPS) is 33.9. The van der Waals surface area contributed by atoms with Gasteiger partial charge in [-0.1, -0.05) is 30.3 Å². The van der Waals surface area contributed by atoms with Crippen molar-refractivity contribution in [2.45, 2.75) is 18.8 Å². The van der Waals surface area contributed by atoms with Gasteiger partial charge in [0.1, 0.15) is 30.3 Å². The average molecular weight is 272 g/mol. The zero-order valence-electron chi connectivity index (χ0n) is 10.5. The molecule has 0 radical (unpaired) electrons. The number of rotatable bonds is 3. The van der Waals surface area contributed by atoms with E-state index in [1.165, 1.54) is 0 Å². The Bertz CT molecular complexity index is 606. The highest BCUT2D eigenvalue weighted by atomic mass is 16.6. The highest BCUT2D eigenvalue weighted by Gasteiger charge is 2.62. The zero-order valence-corrected chi connectivity index (χ0v) is 10.5. The fourth-order valence-electron chi connectivity index (χ4n) is 3.03. The zero-order chi connectivity index (χ0) is 13.7. The van der Waals surface area contributed by atoms with Crippen molar-refractivity contribution in [1.82, 2.24) is 0 Å². The van der Waals surface area contributed by atoms with Crippen molar-refractivity contribution >= 4 is 11.9 Å². The van der Waals surface area contributed by atoms with Gasteiger partial charge >= 0.3 is 11.9 Å². The molecule has 2 fully saturated rings. The highest BCUT2D eigenvalue weighted by Crippen LogP contribution is 2.47. The molecule has 0 aliphatic carbocycles. The first-order chi connectivity index (χ1) is 9.74. The Morgan fingerprint density at radius 2 is 1.80 bits per heavy atom. The van der Waals surface area contributed by atoms with Gasteiger partial charge in [-0.25, -0.2) is 0 Å². The summed E-state index contributed by atoms with van der Waals surface area (Å²) >= 11 is 0. The fraction of sp³-hybridized carbons (Fsp3) is 0.333. The molecule has 0 aromatic heterocycles. The van der Waals surface area contributed by atoms with E-state index < -0.39 is 36.0 Å². The van der Waals surface area contributed by atoms with Gasteiger partial charge in [0.25, 0.3) is 0 Å². The van der Waals surface area contributed by atoms with Crippen LogP contribution in [0.25, 0.3) is 0 Å². The van der Waals surface area contributed by atoms with Gasteiger partial charge in [-0.2, -0.15) is 0 Å². The molecule has 4 unspecified atom stereocenters. The van der Waals surface area contributed by atoms with Crippen LogP contribution < -0.4 is 0 Å². The van der Waals surface area contributed by atoms with Crippen LogP contribution >= 0.6 is 0 Å². The molecule has 3 heterocycles. The first-order valence-electron chi connectivity index (χ1n) is 6.53. The predicted octanol–water partition coefficient (Wildman–Crippen LogP) is 1.18. The van der Waals surface area contributed by atoms with Crippen molar-refractivity contribution in [3.8, 4) is 0 Å². The van der Waals surface area contributed by atoms with Crippen molar-refractivity contribution in [1.29, 1.82) is 0 Å². The molecular formula is C15H12O5. The molecule has 0 spiro atoms. The molecule has 102 valence electrons. The summed E-state index contributed by atoms with van der Waals surface area (Å²) in [5.74, 6) is -1.38. The molecule has 20 heavy (non-hydrogen) atoms. The molecule has 0 saturated carbocycles. The minimum Gasteiger partial charge on any atom is -0.491 e. The second-order valence-corrected chi connectivity index (χ2v) is 5.16. The molecule has 2 bridgehead atoms. The lowest BCUT2D eigenvalue weighted by atomic mass is 9.84. The summed E-state index contributed by atoms with van der Waals surface area (Å²) in [4.78, 5) is 23.2. The maximum Gasteiger partial charge on any atom is 0.320 e. The summed E-state index contributed by atoms with van der Waals surface area (Å²) in [6.07, 6.45) is 0.914. The van der Waals surface area contributed by atoms with Gasteiger partial charge in [0, 0.05) is 0 Å². The van der Waals surface area contributed by atoms with Gasteiger partial charge in [0.2, 0.25) is 0 Å².